The molecule has 84 valence electrons. The Hall–Kier alpha value is -1.61. The van der Waals surface area contributed by atoms with Crippen molar-refractivity contribution in [3.05, 3.63) is 53.6 Å². The molecule has 0 saturated heterocycles. The lowest BCUT2D eigenvalue weighted by atomic mass is 10.0. The molecule has 3 heteroatoms. The number of nitrogens with zero attached hydrogens (tertiary/aromatic N) is 1. The molecule has 1 heterocycles. The third-order valence-corrected chi connectivity index (χ3v) is 2.71. The molecule has 0 aliphatic rings. The number of hydrogen-bond donors (Lipinski definition) is 2. The summed E-state index contributed by atoms with van der Waals surface area (Å²) in [5.74, 6) is 0.812. The van der Waals surface area contributed by atoms with Crippen LogP contribution in [0.1, 0.15) is 30.0 Å². The Morgan fingerprint density at radius 1 is 1.31 bits per heavy atom. The molecule has 0 saturated carbocycles. The number of aromatic amines is 1. The van der Waals surface area contributed by atoms with E-state index in [1.807, 2.05) is 12.1 Å². The van der Waals surface area contributed by atoms with Gasteiger partial charge in [0.2, 0.25) is 0 Å². The summed E-state index contributed by atoms with van der Waals surface area (Å²) in [4.78, 5) is 7.09. The first-order valence-corrected chi connectivity index (χ1v) is 5.54. The lowest BCUT2D eigenvalue weighted by Gasteiger charge is -2.09. The van der Waals surface area contributed by atoms with Crippen molar-refractivity contribution in [1.29, 1.82) is 0 Å². The second kappa shape index (κ2) is 4.94. The van der Waals surface area contributed by atoms with E-state index in [4.69, 9.17) is 0 Å². The molecule has 0 aliphatic carbocycles. The fraction of sp³-hybridized carbons (Fsp3) is 0.308. The van der Waals surface area contributed by atoms with Crippen LogP contribution in [0.2, 0.25) is 0 Å². The van der Waals surface area contributed by atoms with Crippen LogP contribution in [0.3, 0.4) is 0 Å². The highest BCUT2D eigenvalue weighted by Gasteiger charge is 2.09. The standard InChI is InChI=1S/C13H16N2O/c1-2-10-3-5-11(6-4-10)12(16)9-13-14-7-8-15-13/h3-8,12,16H,2,9H2,1H3,(H,14,15). The summed E-state index contributed by atoms with van der Waals surface area (Å²) in [6, 6.07) is 8.07. The Kier molecular flexibility index (Phi) is 3.37. The van der Waals surface area contributed by atoms with Crippen LogP contribution in [0.4, 0.5) is 0 Å². The highest BCUT2D eigenvalue weighted by molar-refractivity contribution is 5.24. The molecule has 0 fully saturated rings. The molecule has 2 rings (SSSR count). The van der Waals surface area contributed by atoms with E-state index in [-0.39, 0.29) is 0 Å². The second-order valence-electron chi connectivity index (χ2n) is 3.85. The predicted molar refractivity (Wildman–Crippen MR) is 63.1 cm³/mol. The second-order valence-corrected chi connectivity index (χ2v) is 3.85. The zero-order valence-corrected chi connectivity index (χ0v) is 9.35. The van der Waals surface area contributed by atoms with Crippen LogP contribution in [0.25, 0.3) is 0 Å². The smallest absolute Gasteiger partial charge is 0.108 e. The monoisotopic (exact) mass is 216 g/mol. The van der Waals surface area contributed by atoms with Gasteiger partial charge in [0.05, 0.1) is 6.10 Å². The van der Waals surface area contributed by atoms with E-state index in [9.17, 15) is 5.11 Å². The summed E-state index contributed by atoms with van der Waals surface area (Å²) in [6.07, 6.45) is 4.52. The van der Waals surface area contributed by atoms with Gasteiger partial charge in [0.15, 0.2) is 0 Å². The van der Waals surface area contributed by atoms with Crippen molar-refractivity contribution < 1.29 is 5.11 Å². The first-order valence-electron chi connectivity index (χ1n) is 5.54. The molecule has 3 nitrogen and oxygen atoms in total. The van der Waals surface area contributed by atoms with Crippen molar-refractivity contribution in [3.63, 3.8) is 0 Å². The maximum atomic E-state index is 10.00. The van der Waals surface area contributed by atoms with Crippen LogP contribution in [-0.4, -0.2) is 15.1 Å². The van der Waals surface area contributed by atoms with E-state index in [2.05, 4.69) is 29.0 Å². The molecular weight excluding hydrogens is 200 g/mol. The lowest BCUT2D eigenvalue weighted by Crippen LogP contribution is -2.03. The number of nitrogens with one attached hydrogen (secondary N) is 1. The summed E-state index contributed by atoms with van der Waals surface area (Å²) in [5, 5.41) is 10.00. The Bertz CT molecular complexity index is 420. The number of hydrogen-bond acceptors (Lipinski definition) is 2. The molecule has 2 aromatic rings. The van der Waals surface area contributed by atoms with E-state index < -0.39 is 6.10 Å². The minimum atomic E-state index is -0.489. The molecule has 1 atom stereocenters. The lowest BCUT2D eigenvalue weighted by molar-refractivity contribution is 0.176. The summed E-state index contributed by atoms with van der Waals surface area (Å²) in [5.41, 5.74) is 2.22. The van der Waals surface area contributed by atoms with Crippen LogP contribution in [0, 0.1) is 0 Å². The summed E-state index contributed by atoms with van der Waals surface area (Å²) < 4.78 is 0. The van der Waals surface area contributed by atoms with Crippen LogP contribution in [-0.2, 0) is 12.8 Å². The van der Waals surface area contributed by atoms with Gasteiger partial charge in [-0.1, -0.05) is 31.2 Å². The number of aryl methyl sites for hydroxylation is 1. The van der Waals surface area contributed by atoms with Gasteiger partial charge in [-0.15, -0.1) is 0 Å². The summed E-state index contributed by atoms with van der Waals surface area (Å²) >= 11 is 0. The van der Waals surface area contributed by atoms with E-state index in [0.29, 0.717) is 6.42 Å². The Morgan fingerprint density at radius 2 is 2.06 bits per heavy atom. The van der Waals surface area contributed by atoms with Gasteiger partial charge in [-0.2, -0.15) is 0 Å². The van der Waals surface area contributed by atoms with Gasteiger partial charge in [-0.25, -0.2) is 4.98 Å². The van der Waals surface area contributed by atoms with Gasteiger partial charge < -0.3 is 10.1 Å². The van der Waals surface area contributed by atoms with Crippen molar-refractivity contribution in [2.24, 2.45) is 0 Å². The number of imidazole rings is 1. The maximum absolute atomic E-state index is 10.00. The molecule has 1 aromatic heterocycles. The van der Waals surface area contributed by atoms with Gasteiger partial charge in [0.25, 0.3) is 0 Å². The fourth-order valence-corrected chi connectivity index (χ4v) is 1.69. The van der Waals surface area contributed by atoms with Gasteiger partial charge in [0, 0.05) is 18.8 Å². The largest absolute Gasteiger partial charge is 0.388 e. The van der Waals surface area contributed by atoms with Gasteiger partial charge in [-0.3, -0.25) is 0 Å². The SMILES string of the molecule is CCc1ccc(C(O)Cc2ncc[nH]2)cc1. The third kappa shape index (κ3) is 2.49. The van der Waals surface area contributed by atoms with Crippen molar-refractivity contribution in [2.75, 3.05) is 0 Å². The zero-order valence-electron chi connectivity index (χ0n) is 9.35. The van der Waals surface area contributed by atoms with Gasteiger partial charge in [0.1, 0.15) is 5.82 Å². The molecular formula is C13H16N2O. The summed E-state index contributed by atoms with van der Waals surface area (Å²) in [6.45, 7) is 2.12. The van der Waals surface area contributed by atoms with E-state index in [0.717, 1.165) is 17.8 Å². The Morgan fingerprint density at radius 3 is 2.62 bits per heavy atom. The average Bonchev–Trinajstić information content (AvgIpc) is 2.82. The van der Waals surface area contributed by atoms with E-state index in [1.165, 1.54) is 5.56 Å². The number of aliphatic hydroxyl groups excluding tert-OH is 1. The molecule has 16 heavy (non-hydrogen) atoms. The first-order chi connectivity index (χ1) is 7.79. The minimum absolute atomic E-state index is 0.489. The third-order valence-electron chi connectivity index (χ3n) is 2.71. The first kappa shape index (κ1) is 10.9. The topological polar surface area (TPSA) is 48.9 Å². The highest BCUT2D eigenvalue weighted by Crippen LogP contribution is 2.17. The molecule has 0 spiro atoms. The van der Waals surface area contributed by atoms with Crippen molar-refractivity contribution in [1.82, 2.24) is 9.97 Å². The van der Waals surface area contributed by atoms with Crippen molar-refractivity contribution >= 4 is 0 Å². The van der Waals surface area contributed by atoms with Gasteiger partial charge >= 0.3 is 0 Å². The van der Waals surface area contributed by atoms with Crippen LogP contribution in [0.15, 0.2) is 36.7 Å². The Labute approximate surface area is 95.2 Å². The molecule has 1 aromatic carbocycles. The molecule has 0 bridgehead atoms. The predicted octanol–water partition coefficient (Wildman–Crippen LogP) is 2.25. The van der Waals surface area contributed by atoms with Crippen LogP contribution >= 0.6 is 0 Å². The fourth-order valence-electron chi connectivity index (χ4n) is 1.69. The molecule has 2 N–H and O–H groups in total. The number of aromatic nitrogens is 2. The molecule has 0 amide bonds. The summed E-state index contributed by atoms with van der Waals surface area (Å²) in [7, 11) is 0. The zero-order chi connectivity index (χ0) is 11.4. The maximum Gasteiger partial charge on any atom is 0.108 e. The van der Waals surface area contributed by atoms with Gasteiger partial charge in [-0.05, 0) is 17.5 Å². The van der Waals surface area contributed by atoms with Crippen molar-refractivity contribution in [2.45, 2.75) is 25.9 Å². The van der Waals surface area contributed by atoms with Crippen LogP contribution in [0.5, 0.6) is 0 Å². The highest BCUT2D eigenvalue weighted by atomic mass is 16.3. The van der Waals surface area contributed by atoms with Crippen molar-refractivity contribution in [3.8, 4) is 0 Å². The van der Waals surface area contributed by atoms with E-state index in [1.54, 1.807) is 12.4 Å². The van der Waals surface area contributed by atoms with Crippen LogP contribution < -0.4 is 0 Å². The number of rotatable bonds is 4. The quantitative estimate of drug-likeness (QED) is 0.823. The number of H-pyrrole nitrogens is 1. The normalized spacial score (nSPS) is 12.6. The molecule has 0 radical (unpaired) electrons. The minimum Gasteiger partial charge on any atom is -0.388 e. The average molecular weight is 216 g/mol. The number of benzene rings is 1. The molecule has 0 aliphatic heterocycles. The van der Waals surface area contributed by atoms with E-state index >= 15 is 0 Å². The Balaban J connectivity index is 2.05. The molecule has 1 unspecified atom stereocenters. The number of aliphatic hydroxyl groups is 1.